The van der Waals surface area contributed by atoms with Crippen molar-refractivity contribution in [3.05, 3.63) is 65.0 Å². The molecule has 0 bridgehead atoms. The van der Waals surface area contributed by atoms with Gasteiger partial charge in [0.15, 0.2) is 11.4 Å². The summed E-state index contributed by atoms with van der Waals surface area (Å²) in [4.78, 5) is 24.7. The second kappa shape index (κ2) is 10.0. The van der Waals surface area contributed by atoms with E-state index >= 15 is 0 Å². The molecule has 0 radical (unpaired) electrons. The van der Waals surface area contributed by atoms with Gasteiger partial charge in [0.1, 0.15) is 5.82 Å². The zero-order valence-electron chi connectivity index (χ0n) is 20.1. The van der Waals surface area contributed by atoms with Crippen LogP contribution in [0.2, 0.25) is 0 Å². The van der Waals surface area contributed by atoms with Gasteiger partial charge in [0.05, 0.1) is 18.5 Å². The van der Waals surface area contributed by atoms with Crippen molar-refractivity contribution < 1.29 is 35.8 Å². The topological polar surface area (TPSA) is 103 Å². The molecule has 0 aromatic carbocycles. The maximum atomic E-state index is 13.4. The van der Waals surface area contributed by atoms with Gasteiger partial charge in [0.2, 0.25) is 5.95 Å². The van der Waals surface area contributed by atoms with Crippen LogP contribution in [-0.4, -0.2) is 50.7 Å². The number of aromatic nitrogens is 4. The summed E-state index contributed by atoms with van der Waals surface area (Å²) in [6, 6.07) is 5.31. The van der Waals surface area contributed by atoms with Crippen molar-refractivity contribution in [1.82, 2.24) is 19.5 Å². The number of anilines is 2. The molecule has 5 rings (SSSR count). The summed E-state index contributed by atoms with van der Waals surface area (Å²) in [5.41, 5.74) is -3.20. The third-order valence-electron chi connectivity index (χ3n) is 6.66. The van der Waals surface area contributed by atoms with E-state index in [1.807, 2.05) is 0 Å². The Morgan fingerprint density at radius 1 is 0.974 bits per heavy atom. The highest BCUT2D eigenvalue weighted by molar-refractivity contribution is 5.43. The highest BCUT2D eigenvalue weighted by Gasteiger charge is 2.61. The maximum absolute atomic E-state index is 13.4. The van der Waals surface area contributed by atoms with Crippen molar-refractivity contribution in [3.8, 4) is 11.4 Å². The molecule has 3 atom stereocenters. The summed E-state index contributed by atoms with van der Waals surface area (Å²) < 4.78 is 87.5. The molecule has 3 aromatic heterocycles. The summed E-state index contributed by atoms with van der Waals surface area (Å²) in [5.74, 6) is -0.143. The first-order chi connectivity index (χ1) is 18.4. The minimum Gasteiger partial charge on any atom is -0.400 e. The Morgan fingerprint density at radius 3 is 2.23 bits per heavy atom. The Hall–Kier alpha value is -3.88. The van der Waals surface area contributed by atoms with Gasteiger partial charge in [-0.25, -0.2) is 15.0 Å². The minimum absolute atomic E-state index is 0.0169. The van der Waals surface area contributed by atoms with Crippen LogP contribution in [0.4, 0.5) is 38.1 Å². The number of hydrogen-bond acceptors (Lipinski definition) is 8. The second-order valence-corrected chi connectivity index (χ2v) is 9.21. The molecule has 0 spiro atoms. The lowest BCUT2D eigenvalue weighted by Crippen LogP contribution is -2.52. The first kappa shape index (κ1) is 26.7. The lowest BCUT2D eigenvalue weighted by molar-refractivity contribution is -0.333. The van der Waals surface area contributed by atoms with Gasteiger partial charge < -0.3 is 20.1 Å². The average Bonchev–Trinajstić information content (AvgIpc) is 3.26. The van der Waals surface area contributed by atoms with Crippen LogP contribution in [0, 0.1) is 0 Å². The predicted molar refractivity (Wildman–Crippen MR) is 126 cm³/mol. The number of halogens is 6. The summed E-state index contributed by atoms with van der Waals surface area (Å²) in [6.07, 6.45) is -2.63. The summed E-state index contributed by atoms with van der Waals surface area (Å²) >= 11 is 0. The van der Waals surface area contributed by atoms with E-state index in [4.69, 9.17) is 4.74 Å². The van der Waals surface area contributed by atoms with Crippen LogP contribution in [0.5, 0.6) is 5.75 Å². The van der Waals surface area contributed by atoms with Crippen LogP contribution in [0.15, 0.2) is 53.8 Å². The van der Waals surface area contributed by atoms with E-state index in [2.05, 4.69) is 30.3 Å². The highest BCUT2D eigenvalue weighted by Crippen LogP contribution is 2.49. The molecule has 1 aliphatic carbocycles. The molecule has 0 amide bonds. The van der Waals surface area contributed by atoms with Crippen LogP contribution in [-0.2, 0) is 10.3 Å². The summed E-state index contributed by atoms with van der Waals surface area (Å²) in [6.45, 7) is 0.0240. The number of hydrogen-bond donors (Lipinski definition) is 2. The first-order valence-electron chi connectivity index (χ1n) is 11.9. The molecule has 15 heteroatoms. The molecule has 9 nitrogen and oxygen atoms in total. The third-order valence-corrected chi connectivity index (χ3v) is 6.66. The van der Waals surface area contributed by atoms with Crippen molar-refractivity contribution in [1.29, 1.82) is 0 Å². The van der Waals surface area contributed by atoms with Crippen LogP contribution in [0.25, 0.3) is 5.69 Å². The normalized spacial score (nSPS) is 23.2. The van der Waals surface area contributed by atoms with Gasteiger partial charge in [-0.15, -0.1) is 13.2 Å². The smallest absolute Gasteiger partial charge is 0.400 e. The third kappa shape index (κ3) is 5.62. The number of nitrogens with zero attached hydrogens (tertiary/aromatic N) is 4. The Labute approximate surface area is 217 Å². The molecular formula is C24H22F6N6O3. The molecule has 3 aromatic rings. The van der Waals surface area contributed by atoms with E-state index in [1.54, 1.807) is 6.07 Å². The largest absolute Gasteiger partial charge is 0.573 e. The molecule has 2 N–H and O–H groups in total. The van der Waals surface area contributed by atoms with Crippen LogP contribution in [0.1, 0.15) is 31.2 Å². The standard InChI is InChI=1S/C24H22F6N6O3/c25-23(26,27)22(7-9-38-22)14-11-32-21(33-12-14)35-16-4-3-15(10-16)34-19-6-5-17(13-31-19)36-8-1-2-18(20(36)37)39-24(28,29)30/h1-2,5-6,8,11-13,15-16H,3-4,7,9-10H2,(H,31,34)(H,32,33,35)/t15-,16-,22?/m0/s1. The van der Waals surface area contributed by atoms with Crippen LogP contribution >= 0.6 is 0 Å². The number of rotatable bonds is 7. The van der Waals surface area contributed by atoms with Gasteiger partial charge in [-0.3, -0.25) is 9.36 Å². The molecule has 1 unspecified atom stereocenters. The number of ether oxygens (including phenoxy) is 2. The Morgan fingerprint density at radius 2 is 1.67 bits per heavy atom. The second-order valence-electron chi connectivity index (χ2n) is 9.21. The van der Waals surface area contributed by atoms with Gasteiger partial charge in [0.25, 0.3) is 5.56 Å². The minimum atomic E-state index is -4.99. The summed E-state index contributed by atoms with van der Waals surface area (Å²) in [7, 11) is 0. The van der Waals surface area contributed by atoms with E-state index in [0.29, 0.717) is 12.2 Å². The van der Waals surface area contributed by atoms with Gasteiger partial charge >= 0.3 is 12.5 Å². The number of pyridine rings is 2. The van der Waals surface area contributed by atoms with Gasteiger partial charge in [-0.2, -0.15) is 13.2 Å². The van der Waals surface area contributed by atoms with Crippen molar-refractivity contribution in [3.63, 3.8) is 0 Å². The van der Waals surface area contributed by atoms with Crippen LogP contribution in [0.3, 0.4) is 0 Å². The Balaban J connectivity index is 1.17. The van der Waals surface area contributed by atoms with E-state index in [-0.39, 0.29) is 42.3 Å². The van der Waals surface area contributed by atoms with E-state index in [0.717, 1.165) is 35.9 Å². The molecule has 39 heavy (non-hydrogen) atoms. The Bertz CT molecular complexity index is 1360. The van der Waals surface area contributed by atoms with Crippen molar-refractivity contribution in [2.75, 3.05) is 17.2 Å². The number of nitrogens with one attached hydrogen (secondary N) is 2. The van der Waals surface area contributed by atoms with E-state index in [1.165, 1.54) is 24.5 Å². The zero-order valence-corrected chi connectivity index (χ0v) is 20.1. The molecular weight excluding hydrogens is 534 g/mol. The molecule has 1 saturated heterocycles. The molecule has 4 heterocycles. The Kier molecular flexibility index (Phi) is 6.86. The van der Waals surface area contributed by atoms with E-state index < -0.39 is 29.4 Å². The van der Waals surface area contributed by atoms with Gasteiger partial charge in [0, 0.05) is 42.7 Å². The molecule has 2 aliphatic rings. The van der Waals surface area contributed by atoms with E-state index in [9.17, 15) is 31.1 Å². The quantitative estimate of drug-likeness (QED) is 0.409. The van der Waals surface area contributed by atoms with Crippen molar-refractivity contribution in [2.45, 2.75) is 55.9 Å². The highest BCUT2D eigenvalue weighted by atomic mass is 19.4. The average molecular weight is 556 g/mol. The monoisotopic (exact) mass is 556 g/mol. The fourth-order valence-corrected chi connectivity index (χ4v) is 4.66. The zero-order chi connectivity index (χ0) is 27.8. The molecule has 2 fully saturated rings. The fourth-order valence-electron chi connectivity index (χ4n) is 4.66. The fraction of sp³-hybridized carbons (Fsp3) is 0.417. The lowest BCUT2D eigenvalue weighted by Gasteiger charge is -2.42. The van der Waals surface area contributed by atoms with Gasteiger partial charge in [-0.05, 0) is 43.5 Å². The molecule has 1 saturated carbocycles. The first-order valence-corrected chi connectivity index (χ1v) is 11.9. The summed E-state index contributed by atoms with van der Waals surface area (Å²) in [5, 5.41) is 6.39. The van der Waals surface area contributed by atoms with Crippen molar-refractivity contribution in [2.24, 2.45) is 0 Å². The SMILES string of the molecule is O=c1c(OC(F)(F)F)cccn1-c1ccc(N[C@H]2CC[C@H](Nc3ncc(C4(C(F)(F)F)CCO4)cn3)C2)nc1. The van der Waals surface area contributed by atoms with Crippen LogP contribution < -0.4 is 20.9 Å². The van der Waals surface area contributed by atoms with Crippen molar-refractivity contribution >= 4 is 11.8 Å². The number of alkyl halides is 6. The molecule has 1 aliphatic heterocycles. The molecule has 208 valence electrons. The lowest BCUT2D eigenvalue weighted by atomic mass is 9.87. The van der Waals surface area contributed by atoms with Gasteiger partial charge in [-0.1, -0.05) is 0 Å². The predicted octanol–water partition coefficient (Wildman–Crippen LogP) is 4.54. The maximum Gasteiger partial charge on any atom is 0.573 e.